The summed E-state index contributed by atoms with van der Waals surface area (Å²) in [4.78, 5) is 14.1. The standard InChI is InChI=1S/C20H21F2N5O2S/c1-13-4-9-17(14(2)10-13)27-20(23-24-25-27)30-12-18(28)26(3)11-15-5-7-16(8-6-15)29-19(21)22/h4-10,19H,11-12H2,1-3H3. The third-order valence-corrected chi connectivity index (χ3v) is 5.24. The van der Waals surface area contributed by atoms with Gasteiger partial charge in [0, 0.05) is 13.6 Å². The van der Waals surface area contributed by atoms with Crippen molar-refractivity contribution >= 4 is 17.7 Å². The fourth-order valence-electron chi connectivity index (χ4n) is 2.84. The number of aromatic nitrogens is 4. The maximum Gasteiger partial charge on any atom is 0.387 e. The molecule has 0 saturated heterocycles. The largest absolute Gasteiger partial charge is 0.435 e. The Kier molecular flexibility index (Phi) is 6.99. The summed E-state index contributed by atoms with van der Waals surface area (Å²) in [7, 11) is 1.68. The van der Waals surface area contributed by atoms with E-state index in [1.54, 1.807) is 28.8 Å². The van der Waals surface area contributed by atoms with E-state index in [0.29, 0.717) is 11.7 Å². The van der Waals surface area contributed by atoms with E-state index in [1.807, 2.05) is 32.0 Å². The van der Waals surface area contributed by atoms with Crippen molar-refractivity contribution in [3.8, 4) is 11.4 Å². The van der Waals surface area contributed by atoms with Gasteiger partial charge in [-0.15, -0.1) is 5.10 Å². The molecule has 7 nitrogen and oxygen atoms in total. The quantitative estimate of drug-likeness (QED) is 0.505. The number of hydrogen-bond donors (Lipinski definition) is 0. The molecule has 0 atom stereocenters. The number of hydrogen-bond acceptors (Lipinski definition) is 6. The van der Waals surface area contributed by atoms with Crippen LogP contribution in [-0.2, 0) is 11.3 Å². The molecule has 0 N–H and O–H groups in total. The minimum Gasteiger partial charge on any atom is -0.435 e. The van der Waals surface area contributed by atoms with Crippen molar-refractivity contribution in [2.45, 2.75) is 32.2 Å². The summed E-state index contributed by atoms with van der Waals surface area (Å²) in [5.41, 5.74) is 3.84. The van der Waals surface area contributed by atoms with Crippen LogP contribution >= 0.6 is 11.8 Å². The predicted octanol–water partition coefficient (Wildman–Crippen LogP) is 3.63. The van der Waals surface area contributed by atoms with Crippen LogP contribution in [0.3, 0.4) is 0 Å². The molecule has 0 saturated carbocycles. The number of ether oxygens (including phenoxy) is 1. The van der Waals surface area contributed by atoms with E-state index in [1.165, 1.54) is 23.9 Å². The molecular formula is C20H21F2N5O2S. The predicted molar refractivity (Wildman–Crippen MR) is 109 cm³/mol. The Labute approximate surface area is 177 Å². The molecule has 0 aliphatic heterocycles. The van der Waals surface area contributed by atoms with Crippen LogP contribution in [0.1, 0.15) is 16.7 Å². The third-order valence-electron chi connectivity index (χ3n) is 4.34. The maximum atomic E-state index is 12.5. The molecule has 3 aromatic rings. The summed E-state index contributed by atoms with van der Waals surface area (Å²) in [6.45, 7) is 1.48. The zero-order valence-corrected chi connectivity index (χ0v) is 17.6. The minimum atomic E-state index is -2.86. The molecule has 30 heavy (non-hydrogen) atoms. The van der Waals surface area contributed by atoms with Gasteiger partial charge < -0.3 is 9.64 Å². The van der Waals surface area contributed by atoms with Crippen molar-refractivity contribution in [1.29, 1.82) is 0 Å². The zero-order chi connectivity index (χ0) is 21.7. The Bertz CT molecular complexity index is 1010. The average Bonchev–Trinajstić information content (AvgIpc) is 3.15. The Morgan fingerprint density at radius 1 is 1.20 bits per heavy atom. The highest BCUT2D eigenvalue weighted by Crippen LogP contribution is 2.22. The molecular weight excluding hydrogens is 412 g/mol. The number of carbonyl (C=O) groups excluding carboxylic acids is 1. The van der Waals surface area contributed by atoms with Crippen molar-refractivity contribution in [2.75, 3.05) is 12.8 Å². The number of halogens is 2. The summed E-state index contributed by atoms with van der Waals surface area (Å²) >= 11 is 1.25. The van der Waals surface area contributed by atoms with Crippen molar-refractivity contribution in [3.05, 3.63) is 59.2 Å². The van der Waals surface area contributed by atoms with Gasteiger partial charge in [-0.25, -0.2) is 0 Å². The van der Waals surface area contributed by atoms with E-state index in [0.717, 1.165) is 22.4 Å². The molecule has 0 bridgehead atoms. The van der Waals surface area contributed by atoms with Crippen LogP contribution in [0.4, 0.5) is 8.78 Å². The lowest BCUT2D eigenvalue weighted by Crippen LogP contribution is -2.27. The number of amides is 1. The molecule has 0 unspecified atom stereocenters. The highest BCUT2D eigenvalue weighted by molar-refractivity contribution is 7.99. The monoisotopic (exact) mass is 433 g/mol. The minimum absolute atomic E-state index is 0.0801. The van der Waals surface area contributed by atoms with E-state index in [4.69, 9.17) is 0 Å². The molecule has 0 spiro atoms. The number of thioether (sulfide) groups is 1. The molecule has 0 aliphatic rings. The lowest BCUT2D eigenvalue weighted by molar-refractivity contribution is -0.127. The van der Waals surface area contributed by atoms with Crippen molar-refractivity contribution in [2.24, 2.45) is 0 Å². The third kappa shape index (κ3) is 5.53. The van der Waals surface area contributed by atoms with Crippen LogP contribution in [0.5, 0.6) is 5.75 Å². The van der Waals surface area contributed by atoms with Gasteiger partial charge in [-0.3, -0.25) is 4.79 Å². The molecule has 1 heterocycles. The smallest absolute Gasteiger partial charge is 0.387 e. The van der Waals surface area contributed by atoms with Crippen molar-refractivity contribution < 1.29 is 18.3 Å². The topological polar surface area (TPSA) is 73.1 Å². The Morgan fingerprint density at radius 3 is 2.60 bits per heavy atom. The van der Waals surface area contributed by atoms with Gasteiger partial charge in [-0.2, -0.15) is 13.5 Å². The number of benzene rings is 2. The van der Waals surface area contributed by atoms with E-state index in [-0.39, 0.29) is 17.4 Å². The van der Waals surface area contributed by atoms with Crippen LogP contribution in [0.15, 0.2) is 47.6 Å². The molecule has 0 fully saturated rings. The second kappa shape index (κ2) is 9.66. The number of aryl methyl sites for hydroxylation is 2. The first kappa shape index (κ1) is 21.7. The summed E-state index contributed by atoms with van der Waals surface area (Å²) < 4.78 is 30.4. The van der Waals surface area contributed by atoms with Gasteiger partial charge in [0.15, 0.2) is 0 Å². The fraction of sp³-hybridized carbons (Fsp3) is 0.300. The Morgan fingerprint density at radius 2 is 1.93 bits per heavy atom. The molecule has 0 radical (unpaired) electrons. The van der Waals surface area contributed by atoms with Crippen molar-refractivity contribution in [3.63, 3.8) is 0 Å². The van der Waals surface area contributed by atoms with Gasteiger partial charge in [0.2, 0.25) is 11.1 Å². The molecule has 3 rings (SSSR count). The van der Waals surface area contributed by atoms with Crippen LogP contribution in [0.25, 0.3) is 5.69 Å². The van der Waals surface area contributed by atoms with Gasteiger partial charge in [0.1, 0.15) is 5.75 Å². The van der Waals surface area contributed by atoms with Gasteiger partial charge in [0.05, 0.1) is 11.4 Å². The summed E-state index contributed by atoms with van der Waals surface area (Å²) in [5, 5.41) is 12.3. The van der Waals surface area contributed by atoms with Crippen LogP contribution in [0, 0.1) is 13.8 Å². The number of alkyl halides is 2. The highest BCUT2D eigenvalue weighted by Gasteiger charge is 2.16. The number of carbonyl (C=O) groups is 1. The zero-order valence-electron chi connectivity index (χ0n) is 16.7. The van der Waals surface area contributed by atoms with E-state index < -0.39 is 6.61 Å². The van der Waals surface area contributed by atoms with Crippen LogP contribution < -0.4 is 4.74 Å². The Hall–Kier alpha value is -3.01. The molecule has 158 valence electrons. The van der Waals surface area contributed by atoms with E-state index in [9.17, 15) is 13.6 Å². The number of tetrazole rings is 1. The lowest BCUT2D eigenvalue weighted by Gasteiger charge is -2.17. The SMILES string of the molecule is Cc1ccc(-n2nnnc2SCC(=O)N(C)Cc2ccc(OC(F)F)cc2)c(C)c1. The van der Waals surface area contributed by atoms with Gasteiger partial charge >= 0.3 is 6.61 Å². The Balaban J connectivity index is 1.59. The molecule has 1 aromatic heterocycles. The first-order valence-corrected chi connectivity index (χ1v) is 10.1. The average molecular weight is 433 g/mol. The molecule has 2 aromatic carbocycles. The van der Waals surface area contributed by atoms with Crippen molar-refractivity contribution in [1.82, 2.24) is 25.1 Å². The summed E-state index contributed by atoms with van der Waals surface area (Å²) in [6, 6.07) is 12.2. The van der Waals surface area contributed by atoms with Gasteiger partial charge in [-0.1, -0.05) is 41.6 Å². The molecule has 10 heteroatoms. The van der Waals surface area contributed by atoms with Gasteiger partial charge in [-0.05, 0) is 53.6 Å². The van der Waals surface area contributed by atoms with Gasteiger partial charge in [0.25, 0.3) is 0 Å². The molecule has 0 aliphatic carbocycles. The lowest BCUT2D eigenvalue weighted by atomic mass is 10.1. The number of rotatable bonds is 8. The first-order chi connectivity index (χ1) is 14.3. The maximum absolute atomic E-state index is 12.5. The second-order valence-corrected chi connectivity index (χ2v) is 7.67. The van der Waals surface area contributed by atoms with E-state index >= 15 is 0 Å². The first-order valence-electron chi connectivity index (χ1n) is 9.10. The molecule has 1 amide bonds. The highest BCUT2D eigenvalue weighted by atomic mass is 32.2. The van der Waals surface area contributed by atoms with Crippen LogP contribution in [0.2, 0.25) is 0 Å². The summed E-state index contributed by atoms with van der Waals surface area (Å²) in [5.74, 6) is 0.133. The normalized spacial score (nSPS) is 11.0. The summed E-state index contributed by atoms with van der Waals surface area (Å²) in [6.07, 6.45) is 0. The second-order valence-electron chi connectivity index (χ2n) is 6.72. The van der Waals surface area contributed by atoms with Crippen LogP contribution in [-0.4, -0.2) is 50.4 Å². The number of nitrogens with zero attached hydrogens (tertiary/aromatic N) is 5. The fourth-order valence-corrected chi connectivity index (χ4v) is 3.66. The van der Waals surface area contributed by atoms with E-state index in [2.05, 4.69) is 20.3 Å².